The number of nitrogens with zero attached hydrogens (tertiary/aromatic N) is 5. The number of anilines is 1. The van der Waals surface area contributed by atoms with Crippen molar-refractivity contribution >= 4 is 33.2 Å². The van der Waals surface area contributed by atoms with Crippen LogP contribution in [0.15, 0.2) is 42.7 Å². The number of piperidine rings is 1. The number of methoxy groups -OCH3 is 2. The van der Waals surface area contributed by atoms with Gasteiger partial charge in [0.05, 0.1) is 43.9 Å². The summed E-state index contributed by atoms with van der Waals surface area (Å²) >= 11 is 0. The highest BCUT2D eigenvalue weighted by molar-refractivity contribution is 7.89. The summed E-state index contributed by atoms with van der Waals surface area (Å²) < 4.78 is 40.4. The van der Waals surface area contributed by atoms with Crippen LogP contribution in [0.3, 0.4) is 0 Å². The molecule has 12 heteroatoms. The van der Waals surface area contributed by atoms with Crippen LogP contribution in [-0.4, -0.2) is 78.8 Å². The molecular formula is C33H43N5O6S. The number of hydrogen-bond donors (Lipinski definition) is 0. The summed E-state index contributed by atoms with van der Waals surface area (Å²) in [6.45, 7) is 1.50. The SMILES string of the molecule is COc1ccc(CN2C(=O)CCN(c3cnn4ccc(CC5CCN(S(=O)(=O)CC6CCCCC6)CC5)cc34)C2=O)c(OC)c1. The molecule has 3 amide bonds. The van der Waals surface area contributed by atoms with Crippen molar-refractivity contribution in [3.05, 3.63) is 53.9 Å². The van der Waals surface area contributed by atoms with Crippen LogP contribution in [0.1, 0.15) is 62.5 Å². The van der Waals surface area contributed by atoms with Gasteiger partial charge in [0.25, 0.3) is 0 Å². The molecule has 3 aliphatic rings. The molecule has 3 fully saturated rings. The van der Waals surface area contributed by atoms with Crippen LogP contribution in [0, 0.1) is 11.8 Å². The van der Waals surface area contributed by atoms with E-state index in [9.17, 15) is 18.0 Å². The number of hydrogen-bond acceptors (Lipinski definition) is 7. The molecule has 0 bridgehead atoms. The van der Waals surface area contributed by atoms with E-state index in [0.717, 1.165) is 56.0 Å². The summed E-state index contributed by atoms with van der Waals surface area (Å²) in [7, 11) is -0.100. The smallest absolute Gasteiger partial charge is 0.331 e. The lowest BCUT2D eigenvalue weighted by Crippen LogP contribution is -2.52. The van der Waals surface area contributed by atoms with Crippen molar-refractivity contribution in [2.45, 2.75) is 64.3 Å². The molecule has 0 radical (unpaired) electrons. The molecule has 6 rings (SSSR count). The molecule has 242 valence electrons. The van der Waals surface area contributed by atoms with Gasteiger partial charge < -0.3 is 9.47 Å². The number of aromatic nitrogens is 2. The Balaban J connectivity index is 1.12. The molecule has 1 aliphatic carbocycles. The molecule has 2 aromatic heterocycles. The third-order valence-electron chi connectivity index (χ3n) is 9.65. The van der Waals surface area contributed by atoms with Crippen molar-refractivity contribution in [1.82, 2.24) is 18.8 Å². The average molecular weight is 638 g/mol. The molecule has 1 saturated carbocycles. The van der Waals surface area contributed by atoms with Crippen LogP contribution < -0.4 is 14.4 Å². The second-order valence-electron chi connectivity index (χ2n) is 12.6. The lowest BCUT2D eigenvalue weighted by molar-refractivity contribution is -0.129. The number of amides is 3. The first-order valence-corrected chi connectivity index (χ1v) is 17.6. The summed E-state index contributed by atoms with van der Waals surface area (Å²) in [6.07, 6.45) is 11.8. The van der Waals surface area contributed by atoms with E-state index < -0.39 is 16.1 Å². The number of rotatable bonds is 10. The van der Waals surface area contributed by atoms with Crippen LogP contribution in [0.25, 0.3) is 5.52 Å². The number of fused-ring (bicyclic) bond motifs is 1. The predicted molar refractivity (Wildman–Crippen MR) is 171 cm³/mol. The van der Waals surface area contributed by atoms with Gasteiger partial charge in [-0.15, -0.1) is 0 Å². The van der Waals surface area contributed by atoms with Gasteiger partial charge in [-0.25, -0.2) is 22.0 Å². The fourth-order valence-corrected chi connectivity index (χ4v) is 8.96. The van der Waals surface area contributed by atoms with Crippen LogP contribution in [0.5, 0.6) is 11.5 Å². The van der Waals surface area contributed by atoms with Gasteiger partial charge in [-0.1, -0.05) is 19.3 Å². The normalized spacial score (nSPS) is 19.4. The van der Waals surface area contributed by atoms with Crippen LogP contribution >= 0.6 is 0 Å². The Labute approximate surface area is 265 Å². The summed E-state index contributed by atoms with van der Waals surface area (Å²) in [5, 5.41) is 4.49. The largest absolute Gasteiger partial charge is 0.497 e. The van der Waals surface area contributed by atoms with Crippen molar-refractivity contribution in [3.8, 4) is 11.5 Å². The average Bonchev–Trinajstić information content (AvgIpc) is 3.46. The Hall–Kier alpha value is -3.64. The quantitative estimate of drug-likeness (QED) is 0.312. The number of benzene rings is 1. The van der Waals surface area contributed by atoms with Crippen molar-refractivity contribution in [3.63, 3.8) is 0 Å². The van der Waals surface area contributed by atoms with Gasteiger partial charge in [-0.05, 0) is 73.8 Å². The van der Waals surface area contributed by atoms with Crippen molar-refractivity contribution < 1.29 is 27.5 Å². The molecule has 45 heavy (non-hydrogen) atoms. The van der Waals surface area contributed by atoms with Crippen LogP contribution in [-0.2, 0) is 27.8 Å². The number of carbonyl (C=O) groups is 2. The van der Waals surface area contributed by atoms with Crippen LogP contribution in [0.2, 0.25) is 0 Å². The maximum atomic E-state index is 13.7. The van der Waals surface area contributed by atoms with E-state index in [1.54, 1.807) is 52.3 Å². The molecule has 0 unspecified atom stereocenters. The second-order valence-corrected chi connectivity index (χ2v) is 14.6. The van der Waals surface area contributed by atoms with Gasteiger partial charge in [0.15, 0.2) is 0 Å². The second kappa shape index (κ2) is 13.4. The topological polar surface area (TPSA) is 114 Å². The molecular weight excluding hydrogens is 594 g/mol. The first-order valence-electron chi connectivity index (χ1n) is 16.0. The Kier molecular flexibility index (Phi) is 9.32. The minimum atomic E-state index is -3.22. The maximum Gasteiger partial charge on any atom is 0.331 e. The number of ether oxygens (including phenoxy) is 2. The lowest BCUT2D eigenvalue weighted by Gasteiger charge is -2.34. The third-order valence-corrected chi connectivity index (χ3v) is 11.7. The Morgan fingerprint density at radius 2 is 1.69 bits per heavy atom. The third kappa shape index (κ3) is 6.81. The first-order chi connectivity index (χ1) is 21.8. The standard InChI is InChI=1S/C33H43N5O6S/c1-43-28-9-8-27(31(20-28)44-2)22-37-32(39)13-16-36(33(37)40)30-21-34-38-17-12-26(19-29(30)38)18-24-10-14-35(15-11-24)45(41,42)23-25-6-4-3-5-7-25/h8-9,12,17,19-21,24-25H,3-7,10-11,13-16,18,22-23H2,1-2H3. The highest BCUT2D eigenvalue weighted by atomic mass is 32.2. The summed E-state index contributed by atoms with van der Waals surface area (Å²) in [6, 6.07) is 9.02. The number of pyridine rings is 1. The highest BCUT2D eigenvalue weighted by Crippen LogP contribution is 2.32. The fourth-order valence-electron chi connectivity index (χ4n) is 7.05. The van der Waals surface area contributed by atoms with E-state index in [4.69, 9.17) is 9.47 Å². The van der Waals surface area contributed by atoms with Crippen molar-refractivity contribution in [1.29, 1.82) is 0 Å². The molecule has 11 nitrogen and oxygen atoms in total. The van der Waals surface area contributed by atoms with Gasteiger partial charge >= 0.3 is 6.03 Å². The fraction of sp³-hybridized carbons (Fsp3) is 0.545. The Morgan fingerprint density at radius 3 is 2.42 bits per heavy atom. The van der Waals surface area contributed by atoms with Gasteiger partial charge in [-0.2, -0.15) is 5.10 Å². The molecule has 0 atom stereocenters. The van der Waals surface area contributed by atoms with E-state index >= 15 is 0 Å². The van der Waals surface area contributed by atoms with Gasteiger partial charge in [0.1, 0.15) is 11.5 Å². The Morgan fingerprint density at radius 1 is 0.911 bits per heavy atom. The molecule has 0 N–H and O–H groups in total. The van der Waals surface area contributed by atoms with Gasteiger partial charge in [0, 0.05) is 43.9 Å². The number of urea groups is 1. The van der Waals surface area contributed by atoms with E-state index in [1.165, 1.54) is 11.3 Å². The van der Waals surface area contributed by atoms with E-state index in [1.807, 2.05) is 12.3 Å². The number of sulfonamides is 1. The van der Waals surface area contributed by atoms with Crippen LogP contribution in [0.4, 0.5) is 10.5 Å². The molecule has 0 spiro atoms. The zero-order valence-electron chi connectivity index (χ0n) is 26.2. The van der Waals surface area contributed by atoms with Gasteiger partial charge in [0.2, 0.25) is 15.9 Å². The molecule has 3 aromatic rings. The zero-order valence-corrected chi connectivity index (χ0v) is 27.0. The summed E-state index contributed by atoms with van der Waals surface area (Å²) in [4.78, 5) is 29.5. The zero-order chi connectivity index (χ0) is 31.6. The Bertz CT molecular complexity index is 1640. The molecule has 2 saturated heterocycles. The summed E-state index contributed by atoms with van der Waals surface area (Å²) in [5.74, 6) is 1.91. The highest BCUT2D eigenvalue weighted by Gasteiger charge is 2.35. The first kappa shape index (κ1) is 31.3. The van der Waals surface area contributed by atoms with Crippen molar-refractivity contribution in [2.75, 3.05) is 44.5 Å². The van der Waals surface area contributed by atoms with E-state index in [0.29, 0.717) is 53.4 Å². The number of carbonyl (C=O) groups excluding carboxylic acids is 2. The summed E-state index contributed by atoms with van der Waals surface area (Å²) in [5.41, 5.74) is 3.28. The minimum absolute atomic E-state index is 0.0842. The van der Waals surface area contributed by atoms with Gasteiger partial charge in [-0.3, -0.25) is 14.6 Å². The minimum Gasteiger partial charge on any atom is -0.497 e. The number of imide groups is 1. The van der Waals surface area contributed by atoms with E-state index in [-0.39, 0.29) is 25.4 Å². The van der Waals surface area contributed by atoms with Crippen molar-refractivity contribution in [2.24, 2.45) is 11.8 Å². The molecule has 2 aliphatic heterocycles. The van der Waals surface area contributed by atoms with E-state index in [2.05, 4.69) is 11.2 Å². The maximum absolute atomic E-state index is 13.7. The molecule has 4 heterocycles. The monoisotopic (exact) mass is 637 g/mol. The molecule has 1 aromatic carbocycles. The lowest BCUT2D eigenvalue weighted by atomic mass is 9.91. The predicted octanol–water partition coefficient (Wildman–Crippen LogP) is 4.88.